The summed E-state index contributed by atoms with van der Waals surface area (Å²) in [6.45, 7) is 1.99. The van der Waals surface area contributed by atoms with E-state index >= 15 is 0 Å². The highest BCUT2D eigenvalue weighted by Crippen LogP contribution is 1.79. The molecule has 0 spiro atoms. The van der Waals surface area contributed by atoms with E-state index in [4.69, 9.17) is 5.73 Å². The van der Waals surface area contributed by atoms with Crippen molar-refractivity contribution in [3.8, 4) is 0 Å². The molecule has 6 heteroatoms. The summed E-state index contributed by atoms with van der Waals surface area (Å²) in [6, 6.07) is 0. The van der Waals surface area contributed by atoms with E-state index in [1.165, 1.54) is 0 Å². The normalized spacial score (nSPS) is 9.00. The third-order valence-electron chi connectivity index (χ3n) is 1.15. The second-order valence-corrected chi connectivity index (χ2v) is 2.37. The highest BCUT2D eigenvalue weighted by molar-refractivity contribution is 5.97. The van der Waals surface area contributed by atoms with Gasteiger partial charge in [-0.05, 0) is 6.92 Å². The minimum atomic E-state index is -0.635. The molecule has 0 aromatic heterocycles. The van der Waals surface area contributed by atoms with Gasteiger partial charge >= 0.3 is 0 Å². The molecule has 13 heavy (non-hydrogen) atoms. The van der Waals surface area contributed by atoms with E-state index in [1.54, 1.807) is 6.92 Å². The number of hydrogen-bond donors (Lipinski definition) is 3. The molecule has 0 aromatic rings. The summed E-state index contributed by atoms with van der Waals surface area (Å²) in [7, 11) is 0. The molecule has 0 fully saturated rings. The second-order valence-electron chi connectivity index (χ2n) is 2.37. The molecule has 0 aliphatic heterocycles. The molecule has 0 rings (SSSR count). The highest BCUT2D eigenvalue weighted by Gasteiger charge is 2.07. The van der Waals surface area contributed by atoms with Crippen molar-refractivity contribution in [2.24, 2.45) is 5.73 Å². The van der Waals surface area contributed by atoms with E-state index in [2.05, 4.69) is 10.6 Å². The highest BCUT2D eigenvalue weighted by atomic mass is 16.2. The molecule has 0 heterocycles. The fourth-order valence-electron chi connectivity index (χ4n) is 0.654. The first kappa shape index (κ1) is 11.4. The van der Waals surface area contributed by atoms with Crippen LogP contribution in [0.5, 0.6) is 0 Å². The number of hydrogen-bond acceptors (Lipinski definition) is 3. The van der Waals surface area contributed by atoms with Gasteiger partial charge in [-0.25, -0.2) is 0 Å². The Morgan fingerprint density at radius 1 is 1.15 bits per heavy atom. The van der Waals surface area contributed by atoms with Crippen molar-refractivity contribution < 1.29 is 14.4 Å². The average Bonchev–Trinajstić information content (AvgIpc) is 2.01. The Morgan fingerprint density at radius 3 is 2.15 bits per heavy atom. The standard InChI is InChI=1S/C7H13N3O3/c1-2-9-6(12)3-7(13)10-4-5(8)11/h2-4H2,1H3,(H2,8,11)(H,9,12)(H,10,13). The van der Waals surface area contributed by atoms with Gasteiger partial charge in [0.05, 0.1) is 6.54 Å². The van der Waals surface area contributed by atoms with Crippen molar-refractivity contribution in [3.63, 3.8) is 0 Å². The zero-order valence-electron chi connectivity index (χ0n) is 7.42. The lowest BCUT2D eigenvalue weighted by molar-refractivity contribution is -0.130. The quantitative estimate of drug-likeness (QED) is 0.439. The van der Waals surface area contributed by atoms with Gasteiger partial charge in [-0.15, -0.1) is 0 Å². The molecule has 0 aliphatic rings. The molecule has 0 radical (unpaired) electrons. The van der Waals surface area contributed by atoms with Gasteiger partial charge < -0.3 is 16.4 Å². The molecule has 74 valence electrons. The number of rotatable bonds is 5. The Labute approximate surface area is 75.9 Å². The largest absolute Gasteiger partial charge is 0.368 e. The van der Waals surface area contributed by atoms with Crippen LogP contribution in [0, 0.1) is 0 Å². The first-order valence-electron chi connectivity index (χ1n) is 3.88. The van der Waals surface area contributed by atoms with Crippen LogP contribution in [0.1, 0.15) is 13.3 Å². The van der Waals surface area contributed by atoms with Gasteiger partial charge in [0.25, 0.3) is 0 Å². The molecule has 0 atom stereocenters. The predicted molar refractivity (Wildman–Crippen MR) is 45.5 cm³/mol. The maximum Gasteiger partial charge on any atom is 0.236 e. The van der Waals surface area contributed by atoms with E-state index in [0.29, 0.717) is 6.54 Å². The monoisotopic (exact) mass is 187 g/mol. The van der Waals surface area contributed by atoms with Crippen LogP contribution >= 0.6 is 0 Å². The maximum absolute atomic E-state index is 10.9. The number of nitrogens with one attached hydrogen (secondary N) is 2. The van der Waals surface area contributed by atoms with Gasteiger partial charge in [0, 0.05) is 6.54 Å². The van der Waals surface area contributed by atoms with Gasteiger partial charge in [0.2, 0.25) is 17.7 Å². The zero-order valence-corrected chi connectivity index (χ0v) is 7.42. The smallest absolute Gasteiger partial charge is 0.236 e. The lowest BCUT2D eigenvalue weighted by Crippen LogP contribution is -2.36. The predicted octanol–water partition coefficient (Wildman–Crippen LogP) is -1.89. The lowest BCUT2D eigenvalue weighted by Gasteiger charge is -2.02. The topological polar surface area (TPSA) is 101 Å². The summed E-state index contributed by atoms with van der Waals surface area (Å²) in [6.07, 6.45) is -0.277. The summed E-state index contributed by atoms with van der Waals surface area (Å²) in [5.41, 5.74) is 4.78. The fraction of sp³-hybridized carbons (Fsp3) is 0.571. The van der Waals surface area contributed by atoms with Gasteiger partial charge in [-0.3, -0.25) is 14.4 Å². The lowest BCUT2D eigenvalue weighted by atomic mass is 10.3. The first-order valence-corrected chi connectivity index (χ1v) is 3.88. The Balaban J connectivity index is 3.62. The Hall–Kier alpha value is -1.59. The van der Waals surface area contributed by atoms with E-state index in [0.717, 1.165) is 0 Å². The molecule has 0 aliphatic carbocycles. The molecular weight excluding hydrogens is 174 g/mol. The zero-order chi connectivity index (χ0) is 10.3. The minimum absolute atomic E-state index is 0.238. The number of carbonyl (C=O) groups excluding carboxylic acids is 3. The van der Waals surface area contributed by atoms with Gasteiger partial charge in [0.1, 0.15) is 6.42 Å². The number of carbonyl (C=O) groups is 3. The van der Waals surface area contributed by atoms with Crippen LogP contribution in [-0.4, -0.2) is 30.8 Å². The first-order chi connectivity index (χ1) is 6.06. The van der Waals surface area contributed by atoms with Crippen LogP contribution in [0.25, 0.3) is 0 Å². The molecule has 0 aromatic carbocycles. The molecular formula is C7H13N3O3. The molecule has 0 saturated heterocycles. The Morgan fingerprint density at radius 2 is 1.69 bits per heavy atom. The van der Waals surface area contributed by atoms with E-state index in [1.807, 2.05) is 0 Å². The Kier molecular flexibility index (Phi) is 5.25. The van der Waals surface area contributed by atoms with Crippen molar-refractivity contribution >= 4 is 17.7 Å². The third kappa shape index (κ3) is 6.79. The molecule has 4 N–H and O–H groups in total. The second kappa shape index (κ2) is 5.99. The van der Waals surface area contributed by atoms with Gasteiger partial charge in [-0.2, -0.15) is 0 Å². The summed E-state index contributed by atoms with van der Waals surface area (Å²) in [4.78, 5) is 31.9. The van der Waals surface area contributed by atoms with Crippen molar-refractivity contribution in [2.75, 3.05) is 13.1 Å². The number of primary amides is 1. The third-order valence-corrected chi connectivity index (χ3v) is 1.15. The van der Waals surface area contributed by atoms with Crippen molar-refractivity contribution in [2.45, 2.75) is 13.3 Å². The molecule has 0 unspecified atom stereocenters. The van der Waals surface area contributed by atoms with Crippen LogP contribution in [0.4, 0.5) is 0 Å². The molecule has 3 amide bonds. The van der Waals surface area contributed by atoms with Crippen LogP contribution in [0.3, 0.4) is 0 Å². The van der Waals surface area contributed by atoms with E-state index in [9.17, 15) is 14.4 Å². The fourth-order valence-corrected chi connectivity index (χ4v) is 0.654. The van der Waals surface area contributed by atoms with E-state index in [-0.39, 0.29) is 18.9 Å². The SMILES string of the molecule is CCNC(=O)CC(=O)NCC(N)=O. The summed E-state index contributed by atoms with van der Waals surface area (Å²) in [5.74, 6) is -1.52. The maximum atomic E-state index is 10.9. The molecule has 6 nitrogen and oxygen atoms in total. The van der Waals surface area contributed by atoms with Crippen molar-refractivity contribution in [1.29, 1.82) is 0 Å². The van der Waals surface area contributed by atoms with Gasteiger partial charge in [0.15, 0.2) is 0 Å². The number of amides is 3. The summed E-state index contributed by atoms with van der Waals surface area (Å²) >= 11 is 0. The number of nitrogens with two attached hydrogens (primary N) is 1. The van der Waals surface area contributed by atoms with Crippen molar-refractivity contribution in [1.82, 2.24) is 10.6 Å². The minimum Gasteiger partial charge on any atom is -0.368 e. The summed E-state index contributed by atoms with van der Waals surface area (Å²) in [5, 5.41) is 4.65. The molecule has 0 bridgehead atoms. The Bertz CT molecular complexity index is 215. The van der Waals surface area contributed by atoms with Crippen LogP contribution in [0.2, 0.25) is 0 Å². The van der Waals surface area contributed by atoms with Crippen molar-refractivity contribution in [3.05, 3.63) is 0 Å². The van der Waals surface area contributed by atoms with E-state index < -0.39 is 11.8 Å². The van der Waals surface area contributed by atoms with Crippen LogP contribution in [0.15, 0.2) is 0 Å². The average molecular weight is 187 g/mol. The van der Waals surface area contributed by atoms with Gasteiger partial charge in [-0.1, -0.05) is 0 Å². The molecule has 0 saturated carbocycles. The van der Waals surface area contributed by atoms with Crippen LogP contribution < -0.4 is 16.4 Å². The van der Waals surface area contributed by atoms with Crippen LogP contribution in [-0.2, 0) is 14.4 Å². The summed E-state index contributed by atoms with van der Waals surface area (Å²) < 4.78 is 0.